The number of aromatic nitrogens is 1. The third kappa shape index (κ3) is 3.97. The molecule has 120 valence electrons. The van der Waals surface area contributed by atoms with E-state index < -0.39 is 0 Å². The molecule has 1 heterocycles. The highest BCUT2D eigenvalue weighted by Crippen LogP contribution is 2.37. The number of hydrogen-bond acceptors (Lipinski definition) is 6. The van der Waals surface area contributed by atoms with Gasteiger partial charge < -0.3 is 14.2 Å². The van der Waals surface area contributed by atoms with E-state index in [9.17, 15) is 4.79 Å². The highest BCUT2D eigenvalue weighted by atomic mass is 16.5. The molecule has 1 aromatic heterocycles. The van der Waals surface area contributed by atoms with Crippen LogP contribution in [0.1, 0.15) is 15.9 Å². The van der Waals surface area contributed by atoms with E-state index in [0.29, 0.717) is 28.4 Å². The van der Waals surface area contributed by atoms with Gasteiger partial charge in [0.15, 0.2) is 11.5 Å². The number of carbonyl (C=O) groups is 1. The highest BCUT2D eigenvalue weighted by Gasteiger charge is 2.12. The van der Waals surface area contributed by atoms with Crippen molar-refractivity contribution in [1.82, 2.24) is 10.4 Å². The van der Waals surface area contributed by atoms with Crippen LogP contribution < -0.4 is 19.6 Å². The molecule has 1 amide bonds. The second-order valence-corrected chi connectivity index (χ2v) is 4.39. The first-order valence-electron chi connectivity index (χ1n) is 6.73. The molecule has 2 rings (SSSR count). The van der Waals surface area contributed by atoms with Crippen LogP contribution in [0.3, 0.4) is 0 Å². The van der Waals surface area contributed by atoms with E-state index in [4.69, 9.17) is 14.2 Å². The summed E-state index contributed by atoms with van der Waals surface area (Å²) < 4.78 is 15.8. The van der Waals surface area contributed by atoms with Crippen molar-refractivity contribution in [1.29, 1.82) is 0 Å². The Morgan fingerprint density at radius 1 is 1.09 bits per heavy atom. The van der Waals surface area contributed by atoms with Crippen molar-refractivity contribution in [3.63, 3.8) is 0 Å². The Morgan fingerprint density at radius 3 is 2.22 bits per heavy atom. The molecule has 0 unspecified atom stereocenters. The van der Waals surface area contributed by atoms with E-state index in [-0.39, 0.29) is 5.91 Å². The van der Waals surface area contributed by atoms with Crippen molar-refractivity contribution in [2.24, 2.45) is 5.10 Å². The number of amides is 1. The Morgan fingerprint density at radius 2 is 1.70 bits per heavy atom. The summed E-state index contributed by atoms with van der Waals surface area (Å²) >= 11 is 0. The van der Waals surface area contributed by atoms with Crippen LogP contribution in [0.4, 0.5) is 0 Å². The van der Waals surface area contributed by atoms with Crippen LogP contribution in [0.15, 0.2) is 41.8 Å². The van der Waals surface area contributed by atoms with Crippen LogP contribution in [-0.4, -0.2) is 38.4 Å². The molecule has 0 saturated carbocycles. The maximum absolute atomic E-state index is 11.9. The molecule has 7 heteroatoms. The fraction of sp³-hybridized carbons (Fsp3) is 0.188. The molecule has 0 aliphatic carbocycles. The van der Waals surface area contributed by atoms with Gasteiger partial charge in [-0.05, 0) is 24.3 Å². The summed E-state index contributed by atoms with van der Waals surface area (Å²) in [6.07, 6.45) is 4.57. The molecule has 0 aliphatic heterocycles. The molecule has 0 fully saturated rings. The first-order chi connectivity index (χ1) is 11.2. The molecular weight excluding hydrogens is 298 g/mol. The minimum atomic E-state index is -0.323. The van der Waals surface area contributed by atoms with Crippen molar-refractivity contribution < 1.29 is 19.0 Å². The van der Waals surface area contributed by atoms with Gasteiger partial charge >= 0.3 is 0 Å². The van der Waals surface area contributed by atoms with Gasteiger partial charge in [0.05, 0.1) is 27.5 Å². The van der Waals surface area contributed by atoms with Crippen molar-refractivity contribution in [3.8, 4) is 17.2 Å². The lowest BCUT2D eigenvalue weighted by molar-refractivity contribution is 0.0955. The van der Waals surface area contributed by atoms with Crippen LogP contribution >= 0.6 is 0 Å². The number of hydrazone groups is 1. The predicted octanol–water partition coefficient (Wildman–Crippen LogP) is 1.87. The van der Waals surface area contributed by atoms with Crippen LogP contribution in [0.5, 0.6) is 17.2 Å². The molecule has 0 radical (unpaired) electrons. The summed E-state index contributed by atoms with van der Waals surface area (Å²) in [6, 6.07) is 6.65. The zero-order chi connectivity index (χ0) is 16.7. The molecule has 7 nitrogen and oxygen atoms in total. The fourth-order valence-corrected chi connectivity index (χ4v) is 1.91. The molecule has 0 saturated heterocycles. The zero-order valence-electron chi connectivity index (χ0n) is 13.1. The van der Waals surface area contributed by atoms with Gasteiger partial charge in [-0.15, -0.1) is 0 Å². The minimum Gasteiger partial charge on any atom is -0.493 e. The predicted molar refractivity (Wildman–Crippen MR) is 85.4 cm³/mol. The van der Waals surface area contributed by atoms with E-state index in [2.05, 4.69) is 15.5 Å². The smallest absolute Gasteiger partial charge is 0.271 e. The van der Waals surface area contributed by atoms with Crippen LogP contribution in [0.2, 0.25) is 0 Å². The standard InChI is InChI=1S/C16H17N3O4/c1-21-13-8-11(9-14(22-2)15(13)23-3)10-18-19-16(20)12-4-6-17-7-5-12/h4-10H,1-3H3,(H,19,20)/b18-10-. The normalized spacial score (nSPS) is 10.4. The minimum absolute atomic E-state index is 0.323. The third-order valence-electron chi connectivity index (χ3n) is 3.01. The summed E-state index contributed by atoms with van der Waals surface area (Å²) in [6.45, 7) is 0. The van der Waals surface area contributed by atoms with Gasteiger partial charge in [0, 0.05) is 23.5 Å². The Bertz CT molecular complexity index is 677. The van der Waals surface area contributed by atoms with Gasteiger partial charge in [-0.1, -0.05) is 0 Å². The molecular formula is C16H17N3O4. The summed E-state index contributed by atoms with van der Waals surface area (Å²) in [7, 11) is 4.59. The molecule has 0 aliphatic rings. The lowest BCUT2D eigenvalue weighted by atomic mass is 10.2. The van der Waals surface area contributed by atoms with Crippen LogP contribution in [0, 0.1) is 0 Å². The summed E-state index contributed by atoms with van der Waals surface area (Å²) in [5.41, 5.74) is 3.60. The van der Waals surface area contributed by atoms with E-state index in [1.54, 1.807) is 24.3 Å². The second kappa shape index (κ2) is 7.79. The van der Waals surface area contributed by atoms with Crippen molar-refractivity contribution >= 4 is 12.1 Å². The van der Waals surface area contributed by atoms with Crippen LogP contribution in [-0.2, 0) is 0 Å². The quantitative estimate of drug-likeness (QED) is 0.650. The number of carbonyl (C=O) groups excluding carboxylic acids is 1. The number of nitrogens with zero attached hydrogens (tertiary/aromatic N) is 2. The number of nitrogens with one attached hydrogen (secondary N) is 1. The highest BCUT2D eigenvalue weighted by molar-refractivity contribution is 5.94. The Kier molecular flexibility index (Phi) is 5.51. The van der Waals surface area contributed by atoms with E-state index in [1.165, 1.54) is 39.9 Å². The summed E-state index contributed by atoms with van der Waals surface area (Å²) in [5, 5.41) is 3.93. The van der Waals surface area contributed by atoms with Gasteiger partial charge in [-0.25, -0.2) is 5.43 Å². The monoisotopic (exact) mass is 315 g/mol. The summed E-state index contributed by atoms with van der Waals surface area (Å²) in [4.78, 5) is 15.7. The lowest BCUT2D eigenvalue weighted by Crippen LogP contribution is -2.17. The van der Waals surface area contributed by atoms with Gasteiger partial charge in [0.2, 0.25) is 5.75 Å². The van der Waals surface area contributed by atoms with E-state index in [1.807, 2.05) is 0 Å². The van der Waals surface area contributed by atoms with Crippen molar-refractivity contribution in [3.05, 3.63) is 47.8 Å². The number of rotatable bonds is 6. The largest absolute Gasteiger partial charge is 0.493 e. The number of benzene rings is 1. The molecule has 0 bridgehead atoms. The molecule has 0 atom stereocenters. The molecule has 23 heavy (non-hydrogen) atoms. The van der Waals surface area contributed by atoms with Gasteiger partial charge in [-0.3, -0.25) is 9.78 Å². The van der Waals surface area contributed by atoms with E-state index in [0.717, 1.165) is 0 Å². The maximum Gasteiger partial charge on any atom is 0.271 e. The van der Waals surface area contributed by atoms with Crippen molar-refractivity contribution in [2.45, 2.75) is 0 Å². The first-order valence-corrected chi connectivity index (χ1v) is 6.73. The lowest BCUT2D eigenvalue weighted by Gasteiger charge is -2.12. The molecule has 1 N–H and O–H groups in total. The van der Waals surface area contributed by atoms with Crippen LogP contribution in [0.25, 0.3) is 0 Å². The number of ether oxygens (including phenoxy) is 3. The van der Waals surface area contributed by atoms with Gasteiger partial charge in [-0.2, -0.15) is 5.10 Å². The number of pyridine rings is 1. The fourth-order valence-electron chi connectivity index (χ4n) is 1.91. The summed E-state index contributed by atoms with van der Waals surface area (Å²) in [5.74, 6) is 1.19. The first kappa shape index (κ1) is 16.3. The Hall–Kier alpha value is -3.09. The van der Waals surface area contributed by atoms with Gasteiger partial charge in [0.1, 0.15) is 0 Å². The second-order valence-electron chi connectivity index (χ2n) is 4.39. The third-order valence-corrected chi connectivity index (χ3v) is 3.01. The zero-order valence-corrected chi connectivity index (χ0v) is 13.1. The molecule has 0 spiro atoms. The Labute approximate surface area is 133 Å². The topological polar surface area (TPSA) is 82.0 Å². The van der Waals surface area contributed by atoms with E-state index >= 15 is 0 Å². The average molecular weight is 315 g/mol. The number of hydrogen-bond donors (Lipinski definition) is 1. The van der Waals surface area contributed by atoms with Gasteiger partial charge in [0.25, 0.3) is 5.91 Å². The molecule has 2 aromatic rings. The Balaban J connectivity index is 2.15. The maximum atomic E-state index is 11.9. The average Bonchev–Trinajstić information content (AvgIpc) is 2.61. The van der Waals surface area contributed by atoms with Crippen molar-refractivity contribution in [2.75, 3.05) is 21.3 Å². The molecule has 1 aromatic carbocycles. The number of methoxy groups -OCH3 is 3. The SMILES string of the molecule is COc1cc(/C=N\NC(=O)c2ccncc2)cc(OC)c1OC.